The summed E-state index contributed by atoms with van der Waals surface area (Å²) in [6.45, 7) is 0.241. The quantitative estimate of drug-likeness (QED) is 0.827. The van der Waals surface area contributed by atoms with Crippen LogP contribution >= 0.6 is 0 Å². The number of hydrogen-bond donors (Lipinski definition) is 1. The van der Waals surface area contributed by atoms with Gasteiger partial charge in [-0.1, -0.05) is 0 Å². The van der Waals surface area contributed by atoms with Gasteiger partial charge in [0.05, 0.1) is 27.4 Å². The molecule has 1 aliphatic heterocycles. The molecule has 0 aliphatic carbocycles. The van der Waals surface area contributed by atoms with E-state index in [1.54, 1.807) is 19.2 Å². The fourth-order valence-corrected chi connectivity index (χ4v) is 4.26. The SMILES string of the molecule is COc1ccc2c(c1)CC(NS(=O)(=O)c1cc(OC)ccc1OC)CO2. The molecule has 1 unspecified atom stereocenters. The number of methoxy groups -OCH3 is 3. The van der Waals surface area contributed by atoms with Gasteiger partial charge >= 0.3 is 0 Å². The second kappa shape index (κ2) is 7.43. The Balaban J connectivity index is 1.84. The zero-order valence-electron chi connectivity index (χ0n) is 14.8. The molecule has 1 N–H and O–H groups in total. The minimum atomic E-state index is -3.82. The highest BCUT2D eigenvalue weighted by atomic mass is 32.2. The van der Waals surface area contributed by atoms with E-state index in [9.17, 15) is 8.42 Å². The lowest BCUT2D eigenvalue weighted by Crippen LogP contribution is -2.42. The molecule has 0 spiro atoms. The van der Waals surface area contributed by atoms with E-state index in [-0.39, 0.29) is 17.3 Å². The van der Waals surface area contributed by atoms with Gasteiger partial charge < -0.3 is 18.9 Å². The van der Waals surface area contributed by atoms with Crippen LogP contribution in [0, 0.1) is 0 Å². The zero-order chi connectivity index (χ0) is 18.7. The lowest BCUT2D eigenvalue weighted by atomic mass is 10.0. The fraction of sp³-hybridized carbons (Fsp3) is 0.333. The van der Waals surface area contributed by atoms with Crippen LogP contribution in [-0.2, 0) is 16.4 Å². The summed E-state index contributed by atoms with van der Waals surface area (Å²) in [4.78, 5) is 0.0239. The Kier molecular flexibility index (Phi) is 5.24. The summed E-state index contributed by atoms with van der Waals surface area (Å²) in [5, 5.41) is 0. The van der Waals surface area contributed by atoms with Crippen LogP contribution in [0.1, 0.15) is 5.56 Å². The Hall–Kier alpha value is -2.45. The van der Waals surface area contributed by atoms with Crippen molar-refractivity contribution in [2.75, 3.05) is 27.9 Å². The van der Waals surface area contributed by atoms with Gasteiger partial charge in [0, 0.05) is 6.07 Å². The van der Waals surface area contributed by atoms with Crippen molar-refractivity contribution < 1.29 is 27.4 Å². The summed E-state index contributed by atoms with van der Waals surface area (Å²) < 4.78 is 49.6. The molecule has 2 aromatic carbocycles. The number of sulfonamides is 1. The molecule has 1 aliphatic rings. The van der Waals surface area contributed by atoms with Crippen LogP contribution in [0.25, 0.3) is 0 Å². The lowest BCUT2D eigenvalue weighted by Gasteiger charge is -2.26. The molecule has 0 bridgehead atoms. The van der Waals surface area contributed by atoms with Crippen molar-refractivity contribution in [3.63, 3.8) is 0 Å². The third-order valence-corrected chi connectivity index (χ3v) is 5.70. The lowest BCUT2D eigenvalue weighted by molar-refractivity contribution is 0.253. The molecule has 0 amide bonds. The molecule has 0 radical (unpaired) electrons. The second-order valence-corrected chi connectivity index (χ2v) is 7.51. The van der Waals surface area contributed by atoms with E-state index in [1.807, 2.05) is 18.2 Å². The number of benzene rings is 2. The number of fused-ring (bicyclic) bond motifs is 1. The molecule has 0 fully saturated rings. The van der Waals surface area contributed by atoms with Crippen molar-refractivity contribution in [3.05, 3.63) is 42.0 Å². The fourth-order valence-electron chi connectivity index (χ4n) is 2.85. The van der Waals surface area contributed by atoms with Crippen LogP contribution in [0.2, 0.25) is 0 Å². The monoisotopic (exact) mass is 379 g/mol. The maximum absolute atomic E-state index is 12.9. The molecule has 7 nitrogen and oxygen atoms in total. The molecule has 3 rings (SSSR count). The van der Waals surface area contributed by atoms with E-state index in [1.165, 1.54) is 20.3 Å². The normalized spacial score (nSPS) is 16.3. The molecule has 26 heavy (non-hydrogen) atoms. The number of rotatable bonds is 6. The van der Waals surface area contributed by atoms with Gasteiger partial charge in [0.2, 0.25) is 10.0 Å². The largest absolute Gasteiger partial charge is 0.497 e. The molecule has 0 aromatic heterocycles. The van der Waals surface area contributed by atoms with E-state index in [4.69, 9.17) is 18.9 Å². The predicted octanol–water partition coefficient (Wildman–Crippen LogP) is 1.99. The van der Waals surface area contributed by atoms with Crippen LogP contribution in [-0.4, -0.2) is 42.4 Å². The first-order valence-electron chi connectivity index (χ1n) is 8.01. The van der Waals surface area contributed by atoms with Gasteiger partial charge in [-0.3, -0.25) is 0 Å². The van der Waals surface area contributed by atoms with Crippen molar-refractivity contribution in [2.45, 2.75) is 17.4 Å². The van der Waals surface area contributed by atoms with Gasteiger partial charge in [-0.25, -0.2) is 13.1 Å². The number of hydrogen-bond acceptors (Lipinski definition) is 6. The van der Waals surface area contributed by atoms with Crippen molar-refractivity contribution in [1.29, 1.82) is 0 Å². The topological polar surface area (TPSA) is 83.1 Å². The molecular weight excluding hydrogens is 358 g/mol. The summed E-state index contributed by atoms with van der Waals surface area (Å²) in [5.41, 5.74) is 0.890. The highest BCUT2D eigenvalue weighted by Crippen LogP contribution is 2.31. The molecular formula is C18H21NO6S. The first-order chi connectivity index (χ1) is 12.5. The Morgan fingerprint density at radius 2 is 1.69 bits per heavy atom. The molecule has 8 heteroatoms. The Morgan fingerprint density at radius 3 is 2.38 bits per heavy atom. The van der Waals surface area contributed by atoms with Crippen molar-refractivity contribution in [3.8, 4) is 23.0 Å². The summed E-state index contributed by atoms with van der Waals surface area (Å²) in [6, 6.07) is 9.71. The highest BCUT2D eigenvalue weighted by molar-refractivity contribution is 7.89. The van der Waals surface area contributed by atoms with Gasteiger partial charge in [-0.05, 0) is 42.3 Å². The molecule has 0 saturated carbocycles. The van der Waals surface area contributed by atoms with Crippen molar-refractivity contribution in [1.82, 2.24) is 4.72 Å². The average molecular weight is 379 g/mol. The second-order valence-electron chi connectivity index (χ2n) is 5.82. The van der Waals surface area contributed by atoms with E-state index in [0.29, 0.717) is 17.9 Å². The van der Waals surface area contributed by atoms with E-state index >= 15 is 0 Å². The summed E-state index contributed by atoms with van der Waals surface area (Å²) >= 11 is 0. The van der Waals surface area contributed by atoms with Gasteiger partial charge in [0.1, 0.15) is 34.5 Å². The minimum absolute atomic E-state index is 0.0239. The Bertz CT molecular complexity index is 897. The van der Waals surface area contributed by atoms with E-state index < -0.39 is 16.1 Å². The Morgan fingerprint density at radius 1 is 1.00 bits per heavy atom. The highest BCUT2D eigenvalue weighted by Gasteiger charge is 2.28. The maximum Gasteiger partial charge on any atom is 0.244 e. The number of ether oxygens (including phenoxy) is 4. The van der Waals surface area contributed by atoms with Crippen molar-refractivity contribution >= 4 is 10.0 Å². The molecule has 2 aromatic rings. The zero-order valence-corrected chi connectivity index (χ0v) is 15.6. The van der Waals surface area contributed by atoms with Gasteiger partial charge in [-0.2, -0.15) is 0 Å². The van der Waals surface area contributed by atoms with Crippen LogP contribution in [0.3, 0.4) is 0 Å². The van der Waals surface area contributed by atoms with Crippen LogP contribution < -0.4 is 23.7 Å². The number of nitrogens with one attached hydrogen (secondary N) is 1. The van der Waals surface area contributed by atoms with E-state index in [2.05, 4.69) is 4.72 Å². The third kappa shape index (κ3) is 3.71. The first kappa shape index (κ1) is 18.3. The summed E-state index contributed by atoms with van der Waals surface area (Å²) in [7, 11) is 0.665. The Labute approximate surface area is 152 Å². The van der Waals surface area contributed by atoms with Crippen molar-refractivity contribution in [2.24, 2.45) is 0 Å². The summed E-state index contributed by atoms with van der Waals surface area (Å²) in [6.07, 6.45) is 0.498. The van der Waals surface area contributed by atoms with Gasteiger partial charge in [-0.15, -0.1) is 0 Å². The smallest absolute Gasteiger partial charge is 0.244 e. The average Bonchev–Trinajstić information content (AvgIpc) is 2.66. The van der Waals surface area contributed by atoms with Crippen LogP contribution in [0.4, 0.5) is 0 Å². The van der Waals surface area contributed by atoms with Gasteiger partial charge in [0.25, 0.3) is 0 Å². The summed E-state index contributed by atoms with van der Waals surface area (Å²) in [5.74, 6) is 2.11. The molecule has 1 atom stereocenters. The van der Waals surface area contributed by atoms with Crippen LogP contribution in [0.5, 0.6) is 23.0 Å². The predicted molar refractivity (Wildman–Crippen MR) is 95.8 cm³/mol. The standard InChI is InChI=1S/C18H21NO6S/c1-22-14-4-6-16-12(9-14)8-13(11-25-16)19-26(20,21)18-10-15(23-2)5-7-17(18)24-3/h4-7,9-10,13,19H,8,11H2,1-3H3. The molecule has 1 heterocycles. The van der Waals surface area contributed by atoms with E-state index in [0.717, 1.165) is 11.3 Å². The van der Waals surface area contributed by atoms with Crippen LogP contribution in [0.15, 0.2) is 41.3 Å². The first-order valence-corrected chi connectivity index (χ1v) is 9.49. The molecule has 140 valence electrons. The third-order valence-electron chi connectivity index (χ3n) is 4.16. The maximum atomic E-state index is 12.9. The molecule has 0 saturated heterocycles. The minimum Gasteiger partial charge on any atom is -0.497 e. The van der Waals surface area contributed by atoms with Gasteiger partial charge in [0.15, 0.2) is 0 Å².